The maximum Gasteiger partial charge on any atom is 0.304 e. The quantitative estimate of drug-likeness (QED) is 0.557. The van der Waals surface area contributed by atoms with Gasteiger partial charge in [0.2, 0.25) is 0 Å². The van der Waals surface area contributed by atoms with E-state index in [0.29, 0.717) is 17.8 Å². The van der Waals surface area contributed by atoms with Crippen molar-refractivity contribution in [1.82, 2.24) is 15.1 Å². The molecule has 2 aromatic heterocycles. The number of aromatic amines is 1. The van der Waals surface area contributed by atoms with Gasteiger partial charge >= 0.3 is 5.97 Å². The minimum absolute atomic E-state index is 0.0132. The molecule has 2 aliphatic carbocycles. The summed E-state index contributed by atoms with van der Waals surface area (Å²) in [5.74, 6) is 0.130. The molecule has 0 saturated heterocycles. The number of methoxy groups -OCH3 is 1. The fourth-order valence-electron chi connectivity index (χ4n) is 4.74. The van der Waals surface area contributed by atoms with Crippen molar-refractivity contribution >= 4 is 28.0 Å². The lowest BCUT2D eigenvalue weighted by atomic mass is 9.97. The van der Waals surface area contributed by atoms with E-state index in [2.05, 4.69) is 27.3 Å². The van der Waals surface area contributed by atoms with Crippen molar-refractivity contribution in [2.75, 3.05) is 13.4 Å². The van der Waals surface area contributed by atoms with E-state index in [4.69, 9.17) is 9.26 Å². The number of sulfone groups is 1. The first-order valence-corrected chi connectivity index (χ1v) is 12.5. The van der Waals surface area contributed by atoms with Crippen molar-refractivity contribution in [3.63, 3.8) is 0 Å². The van der Waals surface area contributed by atoms with Gasteiger partial charge < -0.3 is 19.4 Å². The SMILES string of the molecule is COc1ccc(-c2nc(C3C=c4c5c([nH]c4=CC3)C(CC(=O)O)CC5)no2)cc1S(C)(=O)=O. The van der Waals surface area contributed by atoms with Crippen molar-refractivity contribution in [1.29, 1.82) is 0 Å². The standard InChI is InChI=1S/C23H23N3O6S/c1-31-18-8-5-14(10-19(18)33(2,29)30)23-25-22(26-32-23)13-4-7-17-16(9-13)15-6-3-12(11-20(27)28)21(15)24-17/h5,7-10,12-13,24H,3-4,6,11H2,1-2H3,(H,27,28). The van der Waals surface area contributed by atoms with Crippen LogP contribution in [0.2, 0.25) is 0 Å². The Bertz CT molecular complexity index is 1480. The summed E-state index contributed by atoms with van der Waals surface area (Å²) in [6, 6.07) is 4.72. The van der Waals surface area contributed by atoms with Gasteiger partial charge in [-0.15, -0.1) is 0 Å². The lowest BCUT2D eigenvalue weighted by Crippen LogP contribution is -2.29. The van der Waals surface area contributed by atoms with Gasteiger partial charge in [-0.2, -0.15) is 4.98 Å². The summed E-state index contributed by atoms with van der Waals surface area (Å²) in [4.78, 5) is 19.2. The number of fused-ring (bicyclic) bond motifs is 3. The lowest BCUT2D eigenvalue weighted by molar-refractivity contribution is -0.137. The average Bonchev–Trinajstić information content (AvgIpc) is 3.48. The van der Waals surface area contributed by atoms with Crippen LogP contribution in [-0.4, -0.2) is 48.0 Å². The summed E-state index contributed by atoms with van der Waals surface area (Å²) in [5.41, 5.74) is 2.69. The monoisotopic (exact) mass is 469 g/mol. The van der Waals surface area contributed by atoms with E-state index < -0.39 is 15.8 Å². The first-order chi connectivity index (χ1) is 15.7. The Balaban J connectivity index is 1.47. The van der Waals surface area contributed by atoms with Gasteiger partial charge in [-0.05, 0) is 48.2 Å². The van der Waals surface area contributed by atoms with Crippen LogP contribution in [0.3, 0.4) is 0 Å². The highest BCUT2D eigenvalue weighted by Crippen LogP contribution is 2.33. The maximum atomic E-state index is 12.1. The Morgan fingerprint density at radius 2 is 2.18 bits per heavy atom. The minimum Gasteiger partial charge on any atom is -0.495 e. The van der Waals surface area contributed by atoms with Crippen LogP contribution in [-0.2, 0) is 21.1 Å². The molecular formula is C23H23N3O6S. The number of hydrogen-bond acceptors (Lipinski definition) is 7. The highest BCUT2D eigenvalue weighted by atomic mass is 32.2. The van der Waals surface area contributed by atoms with E-state index in [1.165, 1.54) is 18.7 Å². The Morgan fingerprint density at radius 3 is 2.91 bits per heavy atom. The minimum atomic E-state index is -3.50. The Labute approximate surface area is 189 Å². The van der Waals surface area contributed by atoms with Crippen LogP contribution >= 0.6 is 0 Å². The number of rotatable bonds is 6. The molecule has 0 spiro atoms. The first-order valence-electron chi connectivity index (χ1n) is 10.6. The smallest absolute Gasteiger partial charge is 0.304 e. The summed E-state index contributed by atoms with van der Waals surface area (Å²) < 4.78 is 34.9. The summed E-state index contributed by atoms with van der Waals surface area (Å²) >= 11 is 0. The fraction of sp³-hybridized carbons (Fsp3) is 0.348. The molecule has 2 aliphatic rings. The van der Waals surface area contributed by atoms with E-state index in [9.17, 15) is 18.3 Å². The lowest BCUT2D eigenvalue weighted by Gasteiger charge is -2.09. The molecule has 0 bridgehead atoms. The first kappa shape index (κ1) is 21.4. The van der Waals surface area contributed by atoms with Crippen LogP contribution in [0.1, 0.15) is 48.2 Å². The molecule has 0 aliphatic heterocycles. The molecule has 3 aromatic rings. The maximum absolute atomic E-state index is 12.1. The topological polar surface area (TPSA) is 135 Å². The molecule has 2 N–H and O–H groups in total. The van der Waals surface area contributed by atoms with Crippen LogP contribution in [0.5, 0.6) is 5.75 Å². The predicted molar refractivity (Wildman–Crippen MR) is 119 cm³/mol. The third kappa shape index (κ3) is 3.84. The van der Waals surface area contributed by atoms with Crippen molar-refractivity contribution < 1.29 is 27.6 Å². The molecular weight excluding hydrogens is 446 g/mol. The average molecular weight is 470 g/mol. The zero-order valence-corrected chi connectivity index (χ0v) is 19.0. The Morgan fingerprint density at radius 1 is 1.36 bits per heavy atom. The highest BCUT2D eigenvalue weighted by Gasteiger charge is 2.29. The Kier molecular flexibility index (Phi) is 5.12. The number of benzene rings is 1. The van der Waals surface area contributed by atoms with Gasteiger partial charge in [-0.3, -0.25) is 4.79 Å². The number of carboxylic acids is 1. The fourth-order valence-corrected chi connectivity index (χ4v) is 5.60. The number of nitrogens with one attached hydrogen (secondary N) is 1. The van der Waals surface area contributed by atoms with E-state index in [0.717, 1.165) is 35.4 Å². The molecule has 0 saturated carbocycles. The van der Waals surface area contributed by atoms with Crippen molar-refractivity contribution in [2.24, 2.45) is 0 Å². The summed E-state index contributed by atoms with van der Waals surface area (Å²) in [7, 11) is -2.08. The van der Waals surface area contributed by atoms with Crippen LogP contribution in [0, 0.1) is 0 Å². The molecule has 2 heterocycles. The number of ether oxygens (including phenoxy) is 1. The normalized spacial score (nSPS) is 19.3. The predicted octanol–water partition coefficient (Wildman–Crippen LogP) is 1.73. The van der Waals surface area contributed by atoms with Gasteiger partial charge in [-0.25, -0.2) is 8.42 Å². The van der Waals surface area contributed by atoms with Gasteiger partial charge in [0, 0.05) is 34.7 Å². The number of hydrogen-bond donors (Lipinski definition) is 2. The third-order valence-electron chi connectivity index (χ3n) is 6.31. The largest absolute Gasteiger partial charge is 0.495 e. The van der Waals surface area contributed by atoms with Gasteiger partial charge in [0.05, 0.1) is 13.5 Å². The number of aliphatic carboxylic acids is 1. The van der Waals surface area contributed by atoms with Crippen molar-refractivity contribution in [2.45, 2.75) is 42.4 Å². The zero-order chi connectivity index (χ0) is 23.3. The molecule has 33 heavy (non-hydrogen) atoms. The van der Waals surface area contributed by atoms with Crippen molar-refractivity contribution in [3.8, 4) is 17.2 Å². The summed E-state index contributed by atoms with van der Waals surface area (Å²) in [6.45, 7) is 0. The third-order valence-corrected chi connectivity index (χ3v) is 7.43. The summed E-state index contributed by atoms with van der Waals surface area (Å²) in [6.07, 6.45) is 7.78. The molecule has 0 amide bonds. The second kappa shape index (κ2) is 7.87. The Hall–Kier alpha value is -3.40. The number of aromatic nitrogens is 3. The van der Waals surface area contributed by atoms with E-state index in [-0.39, 0.29) is 34.8 Å². The molecule has 5 rings (SSSR count). The van der Waals surface area contributed by atoms with Crippen LogP contribution in [0.25, 0.3) is 23.6 Å². The van der Waals surface area contributed by atoms with Gasteiger partial charge in [-0.1, -0.05) is 17.3 Å². The van der Waals surface area contributed by atoms with E-state index >= 15 is 0 Å². The van der Waals surface area contributed by atoms with Gasteiger partial charge in [0.25, 0.3) is 5.89 Å². The zero-order valence-electron chi connectivity index (χ0n) is 18.2. The molecule has 0 fully saturated rings. The number of carboxylic acid groups (broad SMARTS) is 1. The van der Waals surface area contributed by atoms with Crippen LogP contribution < -0.4 is 15.3 Å². The molecule has 1 aromatic carbocycles. The van der Waals surface area contributed by atoms with Crippen LogP contribution in [0.15, 0.2) is 27.6 Å². The number of carbonyl (C=O) groups is 1. The van der Waals surface area contributed by atoms with Crippen molar-refractivity contribution in [3.05, 3.63) is 45.8 Å². The van der Waals surface area contributed by atoms with E-state index in [1.54, 1.807) is 12.1 Å². The number of nitrogens with zero attached hydrogens (tertiary/aromatic N) is 2. The van der Waals surface area contributed by atoms with Crippen LogP contribution in [0.4, 0.5) is 0 Å². The molecule has 9 nitrogen and oxygen atoms in total. The molecule has 2 atom stereocenters. The highest BCUT2D eigenvalue weighted by molar-refractivity contribution is 7.90. The second-order valence-corrected chi connectivity index (χ2v) is 10.5. The number of H-pyrrole nitrogens is 1. The van der Waals surface area contributed by atoms with Gasteiger partial charge in [0.1, 0.15) is 10.6 Å². The molecule has 2 unspecified atom stereocenters. The summed E-state index contributed by atoms with van der Waals surface area (Å²) in [5, 5.41) is 15.4. The molecule has 172 valence electrons. The molecule has 0 radical (unpaired) electrons. The second-order valence-electron chi connectivity index (χ2n) is 8.49. The van der Waals surface area contributed by atoms with Gasteiger partial charge in [0.15, 0.2) is 15.7 Å². The van der Waals surface area contributed by atoms with E-state index in [1.807, 2.05) is 0 Å². The molecule has 10 heteroatoms.